The molecule has 0 aliphatic heterocycles. The summed E-state index contributed by atoms with van der Waals surface area (Å²) in [5, 5.41) is 0. The first-order chi connectivity index (χ1) is 7.07. The Bertz CT molecular complexity index is 97.0. The molecule has 0 amide bonds. The van der Waals surface area contributed by atoms with Crippen LogP contribution in [0.25, 0.3) is 0 Å². The van der Waals surface area contributed by atoms with Gasteiger partial charge in [0.2, 0.25) is 0 Å². The summed E-state index contributed by atoms with van der Waals surface area (Å²) in [7, 11) is 0. The van der Waals surface area contributed by atoms with Gasteiger partial charge in [-0.3, -0.25) is 0 Å². The summed E-state index contributed by atoms with van der Waals surface area (Å²) in [6, 6.07) is 0. The molecule has 0 N–H and O–H groups in total. The fraction of sp³-hybridized carbons (Fsp3) is 0. The molecule has 0 heterocycles. The summed E-state index contributed by atoms with van der Waals surface area (Å²) in [5.41, 5.74) is 0. The maximum absolute atomic E-state index is 8.46. The first kappa shape index (κ1) is 42.7. The van der Waals surface area contributed by atoms with Crippen molar-refractivity contribution in [1.29, 1.82) is 0 Å². The van der Waals surface area contributed by atoms with E-state index in [1.165, 1.54) is 0 Å². The number of hydrogen-bond acceptors (Lipinski definition) is 10. The quantitative estimate of drug-likeness (QED) is 0.289. The van der Waals surface area contributed by atoms with Crippen LogP contribution in [0.2, 0.25) is 0 Å². The molecule has 0 rings (SSSR count). The van der Waals surface area contributed by atoms with E-state index >= 15 is 0 Å². The van der Waals surface area contributed by atoms with Crippen LogP contribution in [0.3, 0.4) is 0 Å². The molecule has 1 radical (unpaired) electrons. The van der Waals surface area contributed by atoms with Crippen molar-refractivity contribution in [3.63, 3.8) is 0 Å². The molecule has 0 saturated carbocycles. The summed E-state index contributed by atoms with van der Waals surface area (Å²) in [5.74, 6) is 0. The molecule has 0 aromatic carbocycles. The molecule has 87 valence electrons. The van der Waals surface area contributed by atoms with Crippen molar-refractivity contribution in [3.8, 4) is 0 Å². The molecule has 0 fully saturated rings. The number of hydrogen-bond donors (Lipinski definition) is 0. The van der Waals surface area contributed by atoms with Gasteiger partial charge in [-0.1, -0.05) is 0 Å². The molecular weight excluding hydrogens is 497 g/mol. The van der Waals surface area contributed by atoms with Crippen LogP contribution in [0, 0.1) is 38.2 Å². The predicted molar refractivity (Wildman–Crippen MR) is 38.0 cm³/mol. The summed E-state index contributed by atoms with van der Waals surface area (Å²) >= 11 is -8.75. The minimum absolute atomic E-state index is 0. The standard InChI is InChI=1S/5Al.Ca.Dy.10O/q;;;;;+2;+3;;;;;;5*-1. The van der Waals surface area contributed by atoms with Crippen LogP contribution in [0.5, 0.6) is 0 Å². The Morgan fingerprint density at radius 2 is 0.471 bits per heavy atom. The molecule has 0 atom stereocenters. The van der Waals surface area contributed by atoms with E-state index < -0.39 is 77.4 Å². The van der Waals surface area contributed by atoms with Gasteiger partial charge >= 0.3 is 193 Å². The van der Waals surface area contributed by atoms with Crippen molar-refractivity contribution in [2.75, 3.05) is 0 Å². The number of rotatable bonds is 0. The summed E-state index contributed by atoms with van der Waals surface area (Å²) < 4.78 is 84.6. The predicted octanol–water partition coefficient (Wildman–Crippen LogP) is -8.82. The van der Waals surface area contributed by atoms with E-state index in [1.54, 1.807) is 0 Å². The van der Waals surface area contributed by atoms with Crippen LogP contribution < -0.4 is 20.8 Å². The van der Waals surface area contributed by atoms with Crippen molar-refractivity contribution < 1.29 is 78.0 Å². The molecule has 17 heteroatoms. The van der Waals surface area contributed by atoms with E-state index in [9.17, 15) is 0 Å². The molecule has 0 aromatic rings. The third kappa shape index (κ3) is 556. The summed E-state index contributed by atoms with van der Waals surface area (Å²) in [6.07, 6.45) is 0. The van der Waals surface area contributed by atoms with Crippen LogP contribution in [-0.4, -0.2) is 115 Å². The van der Waals surface area contributed by atoms with Crippen LogP contribution in [-0.2, 0) is 19.0 Å². The zero-order chi connectivity index (χ0) is 13.5. The Morgan fingerprint density at radius 3 is 0.471 bits per heavy atom. The zero-order valence-corrected chi connectivity index (χ0v) is 18.0. The van der Waals surface area contributed by atoms with Crippen LogP contribution >= 0.6 is 0 Å². The van der Waals surface area contributed by atoms with Gasteiger partial charge in [0.1, 0.15) is 0 Å². The van der Waals surface area contributed by atoms with E-state index in [2.05, 4.69) is 0 Å². The molecule has 0 aliphatic rings. The average Bonchev–Trinajstić information content (AvgIpc) is 2.09. The monoisotopic (exact) mass is 499 g/mol. The fourth-order valence-electron chi connectivity index (χ4n) is 0. The first-order valence-corrected chi connectivity index (χ1v) is 7.07. The Balaban J connectivity index is -0.0000000143. The van der Waals surface area contributed by atoms with Crippen LogP contribution in [0.1, 0.15) is 0 Å². The molecular formula is Al5CaDyO10. The van der Waals surface area contributed by atoms with Crippen molar-refractivity contribution in [2.45, 2.75) is 0 Å². The van der Waals surface area contributed by atoms with E-state index in [-0.39, 0.29) is 75.9 Å². The van der Waals surface area contributed by atoms with Gasteiger partial charge in [-0.15, -0.1) is 0 Å². The van der Waals surface area contributed by atoms with E-state index in [0.29, 0.717) is 0 Å². The van der Waals surface area contributed by atoms with Gasteiger partial charge < -0.3 is 0 Å². The van der Waals surface area contributed by atoms with E-state index in [1.807, 2.05) is 0 Å². The second kappa shape index (κ2) is 94.6. The van der Waals surface area contributed by atoms with Crippen LogP contribution in [0.15, 0.2) is 0 Å². The fourth-order valence-corrected chi connectivity index (χ4v) is 0. The second-order valence-corrected chi connectivity index (χ2v) is 1.44. The van der Waals surface area contributed by atoms with E-state index in [4.69, 9.17) is 39.8 Å². The molecule has 0 bridgehead atoms. The Morgan fingerprint density at radius 1 is 0.471 bits per heavy atom. The second-order valence-electron chi connectivity index (χ2n) is 0.481. The van der Waals surface area contributed by atoms with Gasteiger partial charge in [0.25, 0.3) is 0 Å². The van der Waals surface area contributed by atoms with Crippen molar-refractivity contribution in [3.05, 3.63) is 0 Å². The normalized spacial score (nSPS) is 2.35. The maximum atomic E-state index is 8.46. The Hall–Kier alpha value is 3.19. The van der Waals surface area contributed by atoms with Gasteiger partial charge in [0.15, 0.2) is 0 Å². The zero-order valence-electron chi connectivity index (χ0n) is 7.99. The van der Waals surface area contributed by atoms with E-state index in [0.717, 1.165) is 0 Å². The molecule has 0 saturated heterocycles. The van der Waals surface area contributed by atoms with Gasteiger partial charge in [-0.2, -0.15) is 0 Å². The molecule has 10 nitrogen and oxygen atoms in total. The molecule has 0 unspecified atom stereocenters. The van der Waals surface area contributed by atoms with Crippen molar-refractivity contribution >= 4 is 115 Å². The third-order valence-corrected chi connectivity index (χ3v) is 0. The third-order valence-electron chi connectivity index (χ3n) is 0. The van der Waals surface area contributed by atoms with Gasteiger partial charge in [-0.05, 0) is 0 Å². The first-order valence-electron chi connectivity index (χ1n) is 2.36. The molecule has 17 heavy (non-hydrogen) atoms. The molecule has 0 spiro atoms. The van der Waals surface area contributed by atoms with Gasteiger partial charge in [0.05, 0.1) is 0 Å². The van der Waals surface area contributed by atoms with Crippen molar-refractivity contribution in [1.82, 2.24) is 0 Å². The summed E-state index contributed by atoms with van der Waals surface area (Å²) in [4.78, 5) is 0. The van der Waals surface area contributed by atoms with Gasteiger partial charge in [0, 0.05) is 0 Å². The Kier molecular flexibility index (Phi) is 238. The Labute approximate surface area is 189 Å². The SMILES string of the molecule is [Ca+2].[Dy+3].[O]=[Al][O-].[O]=[Al][O-].[O]=[Al][O-].[O]=[Al][O-].[O]=[Al][O-]. The topological polar surface area (TPSA) is 201 Å². The molecule has 0 aromatic heterocycles. The average molecular weight is 497 g/mol. The van der Waals surface area contributed by atoms with Crippen molar-refractivity contribution in [2.24, 2.45) is 0 Å². The molecule has 0 aliphatic carbocycles. The van der Waals surface area contributed by atoms with Crippen LogP contribution in [0.4, 0.5) is 0 Å². The minimum atomic E-state index is -1.75. The summed E-state index contributed by atoms with van der Waals surface area (Å²) in [6.45, 7) is 0. The van der Waals surface area contributed by atoms with Gasteiger partial charge in [-0.25, -0.2) is 0 Å².